The van der Waals surface area contributed by atoms with Crippen LogP contribution in [0.25, 0.3) is 11.2 Å². The average Bonchev–Trinajstić information content (AvgIpc) is 2.92. The highest BCUT2D eigenvalue weighted by molar-refractivity contribution is 6.16. The smallest absolute Gasteiger partial charge is 0.312 e. The first kappa shape index (κ1) is 16.1. The van der Waals surface area contributed by atoms with Gasteiger partial charge in [-0.3, -0.25) is 0 Å². The van der Waals surface area contributed by atoms with E-state index in [0.29, 0.717) is 25.3 Å². The van der Waals surface area contributed by atoms with Crippen molar-refractivity contribution >= 4 is 22.8 Å². The number of unbranched alkanes of at least 4 members (excludes halogenated alkanes) is 1. The van der Waals surface area contributed by atoms with Crippen LogP contribution in [-0.4, -0.2) is 25.5 Å². The van der Waals surface area contributed by atoms with Crippen LogP contribution < -0.4 is 0 Å². The van der Waals surface area contributed by atoms with E-state index >= 15 is 0 Å². The van der Waals surface area contributed by atoms with E-state index in [0.717, 1.165) is 16.9 Å². The maximum Gasteiger partial charge on any atom is 0.389 e. The summed E-state index contributed by atoms with van der Waals surface area (Å²) < 4.78 is 40.3. The Morgan fingerprint density at radius 2 is 1.95 bits per heavy atom. The molecule has 21 heavy (non-hydrogen) atoms. The normalized spacial score (nSPS) is 12.5. The van der Waals surface area contributed by atoms with Crippen molar-refractivity contribution in [1.29, 1.82) is 0 Å². The number of rotatable bonds is 6. The summed E-state index contributed by atoms with van der Waals surface area (Å²) >= 11 is 5.90. The van der Waals surface area contributed by atoms with Crippen LogP contribution in [0.1, 0.15) is 37.7 Å². The number of aromatic nitrogens is 4. The minimum absolute atomic E-state index is 0.101. The van der Waals surface area contributed by atoms with E-state index in [1.54, 1.807) is 0 Å². The number of fused-ring (bicyclic) bond motifs is 1. The number of halogens is 4. The van der Waals surface area contributed by atoms with Crippen molar-refractivity contribution in [3.8, 4) is 0 Å². The first-order valence-electron chi connectivity index (χ1n) is 6.92. The molecule has 0 unspecified atom stereocenters. The molecule has 0 saturated heterocycles. The van der Waals surface area contributed by atoms with E-state index in [2.05, 4.69) is 10.1 Å². The van der Waals surface area contributed by atoms with E-state index < -0.39 is 12.6 Å². The quantitative estimate of drug-likeness (QED) is 0.594. The summed E-state index contributed by atoms with van der Waals surface area (Å²) in [4.78, 5) is 4.45. The molecule has 0 N–H and O–H groups in total. The van der Waals surface area contributed by atoms with Crippen molar-refractivity contribution < 1.29 is 13.2 Å². The van der Waals surface area contributed by atoms with Gasteiger partial charge in [0.2, 0.25) is 0 Å². The van der Waals surface area contributed by atoms with E-state index in [1.807, 2.05) is 23.1 Å². The molecule has 0 radical (unpaired) electrons. The molecule has 0 aliphatic carbocycles. The molecule has 0 aliphatic heterocycles. The third-order valence-electron chi connectivity index (χ3n) is 3.39. The van der Waals surface area contributed by atoms with Crippen LogP contribution in [0, 0.1) is 6.92 Å². The molecule has 0 aromatic carbocycles. The zero-order chi connectivity index (χ0) is 15.6. The lowest BCUT2D eigenvalue weighted by molar-refractivity contribution is -0.135. The highest BCUT2D eigenvalue weighted by atomic mass is 35.5. The number of imidazole rings is 1. The number of nitrogens with zero attached hydrogens (tertiary/aromatic N) is 4. The van der Waals surface area contributed by atoms with Gasteiger partial charge in [-0.1, -0.05) is 0 Å². The van der Waals surface area contributed by atoms with E-state index in [-0.39, 0.29) is 12.3 Å². The van der Waals surface area contributed by atoms with Gasteiger partial charge in [-0.15, -0.1) is 11.6 Å². The second-order valence-electron chi connectivity index (χ2n) is 4.96. The monoisotopic (exact) mass is 322 g/mol. The van der Waals surface area contributed by atoms with E-state index in [9.17, 15) is 13.2 Å². The van der Waals surface area contributed by atoms with Crippen molar-refractivity contribution in [2.45, 2.75) is 58.3 Å². The molecular weight excluding hydrogens is 305 g/mol. The molecule has 0 atom stereocenters. The topological polar surface area (TPSA) is 35.6 Å². The largest absolute Gasteiger partial charge is 0.389 e. The summed E-state index contributed by atoms with van der Waals surface area (Å²) in [6.07, 6.45) is -4.32. The van der Waals surface area contributed by atoms with Crippen LogP contribution in [-0.2, 0) is 19.0 Å². The lowest BCUT2D eigenvalue weighted by Crippen LogP contribution is -2.10. The average molecular weight is 323 g/mol. The molecule has 0 saturated carbocycles. The fourth-order valence-corrected chi connectivity index (χ4v) is 2.63. The van der Waals surface area contributed by atoms with Crippen LogP contribution in [0.15, 0.2) is 0 Å². The molecule has 0 bridgehead atoms. The molecule has 0 spiro atoms. The lowest BCUT2D eigenvalue weighted by Gasteiger charge is -2.10. The second kappa shape index (κ2) is 6.25. The molecule has 4 nitrogen and oxygen atoms in total. The van der Waals surface area contributed by atoms with Gasteiger partial charge in [-0.05, 0) is 26.7 Å². The summed E-state index contributed by atoms with van der Waals surface area (Å²) in [5, 5.41) is 4.38. The fraction of sp³-hybridized carbons (Fsp3) is 0.692. The molecule has 2 aromatic heterocycles. The number of hydrogen-bond acceptors (Lipinski definition) is 2. The Bertz CT molecular complexity index is 615. The fourth-order valence-electron chi connectivity index (χ4n) is 2.42. The SMILES string of the molecule is CCn1nc(C)c2nc(CCl)n(CCCCC(F)(F)F)c21. The van der Waals surface area contributed by atoms with Gasteiger partial charge in [0.05, 0.1) is 11.6 Å². The minimum Gasteiger partial charge on any atom is -0.312 e. The van der Waals surface area contributed by atoms with E-state index in [1.165, 1.54) is 0 Å². The van der Waals surface area contributed by atoms with Gasteiger partial charge in [0, 0.05) is 19.5 Å². The van der Waals surface area contributed by atoms with Crippen LogP contribution in [0.5, 0.6) is 0 Å². The van der Waals surface area contributed by atoms with E-state index in [4.69, 9.17) is 11.6 Å². The summed E-state index contributed by atoms with van der Waals surface area (Å²) in [5.74, 6) is 0.915. The molecule has 2 heterocycles. The van der Waals surface area contributed by atoms with Gasteiger partial charge >= 0.3 is 6.18 Å². The first-order valence-corrected chi connectivity index (χ1v) is 7.46. The molecule has 0 amide bonds. The Morgan fingerprint density at radius 3 is 2.52 bits per heavy atom. The molecule has 0 aliphatic rings. The van der Waals surface area contributed by atoms with Crippen molar-refractivity contribution in [3.05, 3.63) is 11.5 Å². The van der Waals surface area contributed by atoms with Crippen molar-refractivity contribution in [2.75, 3.05) is 0 Å². The van der Waals surface area contributed by atoms with Crippen molar-refractivity contribution in [3.63, 3.8) is 0 Å². The molecule has 2 aromatic rings. The van der Waals surface area contributed by atoms with Crippen LogP contribution in [0.3, 0.4) is 0 Å². The Labute approximate surface area is 125 Å². The Kier molecular flexibility index (Phi) is 4.81. The summed E-state index contributed by atoms with van der Waals surface area (Å²) in [6, 6.07) is 0. The van der Waals surface area contributed by atoms with Crippen LogP contribution in [0.4, 0.5) is 13.2 Å². The standard InChI is InChI=1S/C13H18ClF3N4/c1-3-21-12-11(9(2)19-21)18-10(8-14)20(12)7-5-4-6-13(15,16)17/h3-8H2,1-2H3. The maximum atomic E-state index is 12.2. The molecular formula is C13H18ClF3N4. The van der Waals surface area contributed by atoms with Crippen molar-refractivity contribution in [2.24, 2.45) is 0 Å². The third-order valence-corrected chi connectivity index (χ3v) is 3.63. The lowest BCUT2D eigenvalue weighted by atomic mass is 10.2. The predicted molar refractivity (Wildman–Crippen MR) is 75.4 cm³/mol. The van der Waals surface area contributed by atoms with Crippen molar-refractivity contribution in [1.82, 2.24) is 19.3 Å². The highest BCUT2D eigenvalue weighted by Crippen LogP contribution is 2.24. The minimum atomic E-state index is -4.10. The van der Waals surface area contributed by atoms with Gasteiger partial charge in [-0.25, -0.2) is 9.67 Å². The number of hydrogen-bond donors (Lipinski definition) is 0. The predicted octanol–water partition coefficient (Wildman–Crippen LogP) is 4.03. The van der Waals surface area contributed by atoms with Gasteiger partial charge < -0.3 is 4.57 Å². The van der Waals surface area contributed by atoms with Gasteiger partial charge in [0.15, 0.2) is 5.65 Å². The maximum absolute atomic E-state index is 12.2. The number of alkyl halides is 4. The Hall–Kier alpha value is -1.24. The summed E-state index contributed by atoms with van der Waals surface area (Å²) in [7, 11) is 0. The van der Waals surface area contributed by atoms with Gasteiger partial charge in [-0.2, -0.15) is 18.3 Å². The Balaban J connectivity index is 2.21. The van der Waals surface area contributed by atoms with Gasteiger partial charge in [0.25, 0.3) is 0 Å². The Morgan fingerprint density at radius 1 is 1.24 bits per heavy atom. The van der Waals surface area contributed by atoms with Crippen LogP contribution in [0.2, 0.25) is 0 Å². The first-order chi connectivity index (χ1) is 9.87. The van der Waals surface area contributed by atoms with Crippen LogP contribution >= 0.6 is 11.6 Å². The highest BCUT2D eigenvalue weighted by Gasteiger charge is 2.26. The van der Waals surface area contributed by atoms with Gasteiger partial charge in [0.1, 0.15) is 11.3 Å². The molecule has 0 fully saturated rings. The molecule has 118 valence electrons. The molecule has 2 rings (SSSR count). The molecule has 8 heteroatoms. The zero-order valence-electron chi connectivity index (χ0n) is 12.0. The third kappa shape index (κ3) is 3.51. The summed E-state index contributed by atoms with van der Waals surface area (Å²) in [5.41, 5.74) is 2.44. The second-order valence-corrected chi connectivity index (χ2v) is 5.23. The zero-order valence-corrected chi connectivity index (χ0v) is 12.8. The number of aryl methyl sites for hydroxylation is 3. The summed E-state index contributed by atoms with van der Waals surface area (Å²) in [6.45, 7) is 4.99.